The zero-order valence-electron chi connectivity index (χ0n) is 8.95. The quantitative estimate of drug-likeness (QED) is 0.565. The minimum atomic E-state index is -0.0585. The number of hydrogen-bond donors (Lipinski definition) is 3. The molecular weight excluding hydrogens is 196 g/mol. The van der Waals surface area contributed by atoms with Gasteiger partial charge < -0.3 is 10.6 Å². The predicted molar refractivity (Wildman–Crippen MR) is 53.7 cm³/mol. The van der Waals surface area contributed by atoms with E-state index in [1.165, 1.54) is 0 Å². The molecule has 3 N–H and O–H groups in total. The summed E-state index contributed by atoms with van der Waals surface area (Å²) in [5.74, 6) is 0.414. The molecule has 0 bridgehead atoms. The topological polar surface area (TPSA) is 95.6 Å². The van der Waals surface area contributed by atoms with Gasteiger partial charge >= 0.3 is 0 Å². The average Bonchev–Trinajstić information content (AvgIpc) is 2.75. The molecule has 7 heteroatoms. The van der Waals surface area contributed by atoms with Crippen molar-refractivity contribution in [3.63, 3.8) is 0 Å². The predicted octanol–water partition coefficient (Wildman–Crippen LogP) is -0.938. The van der Waals surface area contributed by atoms with E-state index >= 15 is 0 Å². The Kier molecular flexibility index (Phi) is 4.69. The van der Waals surface area contributed by atoms with Gasteiger partial charge in [-0.25, -0.2) is 0 Å². The molecular formula is C8H16N6O. The van der Waals surface area contributed by atoms with E-state index in [0.717, 1.165) is 6.54 Å². The maximum absolute atomic E-state index is 11.5. The SMILES string of the molecule is CCNCC(C)C(=O)NCc1nn[nH]n1. The summed E-state index contributed by atoms with van der Waals surface area (Å²) in [6.45, 7) is 5.72. The van der Waals surface area contributed by atoms with Crippen LogP contribution in [-0.4, -0.2) is 39.6 Å². The molecule has 15 heavy (non-hydrogen) atoms. The van der Waals surface area contributed by atoms with Crippen LogP contribution in [-0.2, 0) is 11.3 Å². The number of aromatic nitrogens is 4. The summed E-state index contributed by atoms with van der Waals surface area (Å²) < 4.78 is 0. The Labute approximate surface area is 88.0 Å². The number of aromatic amines is 1. The molecule has 1 heterocycles. The zero-order valence-corrected chi connectivity index (χ0v) is 8.95. The van der Waals surface area contributed by atoms with Gasteiger partial charge in [0.15, 0.2) is 5.82 Å². The highest BCUT2D eigenvalue weighted by molar-refractivity contribution is 5.78. The molecule has 1 rings (SSSR count). The van der Waals surface area contributed by atoms with E-state index in [1.807, 2.05) is 13.8 Å². The Morgan fingerprint density at radius 1 is 1.60 bits per heavy atom. The van der Waals surface area contributed by atoms with Gasteiger partial charge in [0.1, 0.15) is 0 Å². The van der Waals surface area contributed by atoms with Crippen LogP contribution in [0.3, 0.4) is 0 Å². The molecule has 0 aliphatic heterocycles. The van der Waals surface area contributed by atoms with Crippen LogP contribution >= 0.6 is 0 Å². The molecule has 1 aromatic rings. The number of rotatable bonds is 6. The lowest BCUT2D eigenvalue weighted by molar-refractivity contribution is -0.124. The maximum atomic E-state index is 11.5. The third kappa shape index (κ3) is 4.03. The van der Waals surface area contributed by atoms with Crippen molar-refractivity contribution in [3.05, 3.63) is 5.82 Å². The van der Waals surface area contributed by atoms with Gasteiger partial charge in [-0.05, 0) is 6.54 Å². The number of H-pyrrole nitrogens is 1. The van der Waals surface area contributed by atoms with E-state index in [2.05, 4.69) is 31.3 Å². The largest absolute Gasteiger partial charge is 0.348 e. The molecule has 1 amide bonds. The van der Waals surface area contributed by atoms with E-state index in [9.17, 15) is 4.79 Å². The fourth-order valence-electron chi connectivity index (χ4n) is 1.05. The fraction of sp³-hybridized carbons (Fsp3) is 0.750. The molecule has 0 saturated carbocycles. The zero-order chi connectivity index (χ0) is 11.1. The van der Waals surface area contributed by atoms with E-state index in [4.69, 9.17) is 0 Å². The lowest BCUT2D eigenvalue weighted by Gasteiger charge is -2.10. The molecule has 1 atom stereocenters. The number of tetrazole rings is 1. The lowest BCUT2D eigenvalue weighted by atomic mass is 10.1. The van der Waals surface area contributed by atoms with E-state index < -0.39 is 0 Å². The molecule has 0 saturated heterocycles. The molecule has 7 nitrogen and oxygen atoms in total. The third-order valence-corrected chi connectivity index (χ3v) is 1.96. The second-order valence-electron chi connectivity index (χ2n) is 3.25. The van der Waals surface area contributed by atoms with Crippen LogP contribution < -0.4 is 10.6 Å². The second-order valence-corrected chi connectivity index (χ2v) is 3.25. The van der Waals surface area contributed by atoms with Crippen molar-refractivity contribution in [2.24, 2.45) is 5.92 Å². The Morgan fingerprint density at radius 3 is 3.00 bits per heavy atom. The third-order valence-electron chi connectivity index (χ3n) is 1.96. The second kappa shape index (κ2) is 6.07. The first kappa shape index (κ1) is 11.6. The number of carbonyl (C=O) groups excluding carboxylic acids is 1. The van der Waals surface area contributed by atoms with Crippen LogP contribution in [0.2, 0.25) is 0 Å². The Balaban J connectivity index is 2.23. The summed E-state index contributed by atoms with van der Waals surface area (Å²) in [5.41, 5.74) is 0. The van der Waals surface area contributed by atoms with Crippen molar-refractivity contribution in [1.82, 2.24) is 31.3 Å². The van der Waals surface area contributed by atoms with Crippen molar-refractivity contribution in [1.29, 1.82) is 0 Å². The molecule has 0 spiro atoms. The van der Waals surface area contributed by atoms with Gasteiger partial charge in [0.25, 0.3) is 0 Å². The van der Waals surface area contributed by atoms with Gasteiger partial charge in [0.05, 0.1) is 6.54 Å². The number of nitrogens with one attached hydrogen (secondary N) is 3. The molecule has 84 valence electrons. The monoisotopic (exact) mass is 212 g/mol. The van der Waals surface area contributed by atoms with Crippen LogP contribution in [0.1, 0.15) is 19.7 Å². The normalized spacial score (nSPS) is 12.4. The van der Waals surface area contributed by atoms with Gasteiger partial charge in [-0.15, -0.1) is 10.2 Å². The van der Waals surface area contributed by atoms with Crippen LogP contribution in [0.25, 0.3) is 0 Å². The number of hydrogen-bond acceptors (Lipinski definition) is 5. The highest BCUT2D eigenvalue weighted by atomic mass is 16.1. The lowest BCUT2D eigenvalue weighted by Crippen LogP contribution is -2.35. The smallest absolute Gasteiger partial charge is 0.224 e. The number of carbonyl (C=O) groups is 1. The summed E-state index contributed by atoms with van der Waals surface area (Å²) in [6, 6.07) is 0. The van der Waals surface area contributed by atoms with Crippen molar-refractivity contribution in [3.8, 4) is 0 Å². The van der Waals surface area contributed by atoms with Crippen LogP contribution in [0, 0.1) is 5.92 Å². The average molecular weight is 212 g/mol. The van der Waals surface area contributed by atoms with E-state index in [0.29, 0.717) is 18.9 Å². The van der Waals surface area contributed by atoms with Crippen molar-refractivity contribution >= 4 is 5.91 Å². The van der Waals surface area contributed by atoms with Gasteiger partial charge in [0, 0.05) is 12.5 Å². The van der Waals surface area contributed by atoms with Crippen LogP contribution in [0.4, 0.5) is 0 Å². The first-order chi connectivity index (χ1) is 7.24. The van der Waals surface area contributed by atoms with Gasteiger partial charge in [-0.2, -0.15) is 5.21 Å². The first-order valence-electron chi connectivity index (χ1n) is 4.94. The molecule has 1 unspecified atom stereocenters. The fourth-order valence-corrected chi connectivity index (χ4v) is 1.05. The number of nitrogens with zero attached hydrogens (tertiary/aromatic N) is 3. The molecule has 0 fully saturated rings. The van der Waals surface area contributed by atoms with Crippen LogP contribution in [0.15, 0.2) is 0 Å². The standard InChI is InChI=1S/C8H16N6O/c1-3-9-4-6(2)8(15)10-5-7-11-13-14-12-7/h6,9H,3-5H2,1-2H3,(H,10,15)(H,11,12,13,14). The maximum Gasteiger partial charge on any atom is 0.224 e. The molecule has 1 aromatic heterocycles. The summed E-state index contributed by atoms with van der Waals surface area (Å²) in [5, 5.41) is 19.0. The van der Waals surface area contributed by atoms with Crippen molar-refractivity contribution < 1.29 is 4.79 Å². The van der Waals surface area contributed by atoms with Gasteiger partial charge in [0.2, 0.25) is 5.91 Å². The number of amides is 1. The molecule has 0 aromatic carbocycles. The minimum absolute atomic E-state index is 0.0132. The Bertz CT molecular complexity index is 285. The molecule has 0 radical (unpaired) electrons. The van der Waals surface area contributed by atoms with Crippen molar-refractivity contribution in [2.45, 2.75) is 20.4 Å². The minimum Gasteiger partial charge on any atom is -0.348 e. The summed E-state index contributed by atoms with van der Waals surface area (Å²) in [6.07, 6.45) is 0. The van der Waals surface area contributed by atoms with E-state index in [-0.39, 0.29) is 11.8 Å². The van der Waals surface area contributed by atoms with E-state index in [1.54, 1.807) is 0 Å². The first-order valence-corrected chi connectivity index (χ1v) is 4.94. The van der Waals surface area contributed by atoms with Gasteiger partial charge in [-0.3, -0.25) is 4.79 Å². The Hall–Kier alpha value is -1.50. The van der Waals surface area contributed by atoms with Crippen molar-refractivity contribution in [2.75, 3.05) is 13.1 Å². The highest BCUT2D eigenvalue weighted by Crippen LogP contribution is 1.93. The molecule has 0 aliphatic carbocycles. The summed E-state index contributed by atoms with van der Waals surface area (Å²) in [7, 11) is 0. The molecule has 0 aliphatic rings. The Morgan fingerprint density at radius 2 is 2.40 bits per heavy atom. The van der Waals surface area contributed by atoms with Gasteiger partial charge in [-0.1, -0.05) is 19.1 Å². The highest BCUT2D eigenvalue weighted by Gasteiger charge is 2.12. The summed E-state index contributed by atoms with van der Waals surface area (Å²) >= 11 is 0. The van der Waals surface area contributed by atoms with Crippen LogP contribution in [0.5, 0.6) is 0 Å². The summed E-state index contributed by atoms with van der Waals surface area (Å²) in [4.78, 5) is 11.5.